The van der Waals surface area contributed by atoms with E-state index in [0.717, 1.165) is 63.5 Å². The highest BCUT2D eigenvalue weighted by Gasteiger charge is 2.42. The number of nitrogens with zero attached hydrogens (tertiary/aromatic N) is 4. The molecule has 7 nitrogen and oxygen atoms in total. The zero-order chi connectivity index (χ0) is 22.1. The van der Waals surface area contributed by atoms with Gasteiger partial charge in [0.05, 0.1) is 12.0 Å². The molecule has 1 aliphatic carbocycles. The van der Waals surface area contributed by atoms with E-state index in [0.29, 0.717) is 6.54 Å². The first-order valence-electron chi connectivity index (χ1n) is 11.3. The summed E-state index contributed by atoms with van der Waals surface area (Å²) < 4.78 is 2.18. The van der Waals surface area contributed by atoms with Crippen molar-refractivity contribution in [2.45, 2.75) is 45.6 Å². The summed E-state index contributed by atoms with van der Waals surface area (Å²) in [6.45, 7) is 4.91. The van der Waals surface area contributed by atoms with Gasteiger partial charge in [-0.25, -0.2) is 4.98 Å². The first-order valence-corrected chi connectivity index (χ1v) is 11.3. The van der Waals surface area contributed by atoms with Gasteiger partial charge in [0, 0.05) is 52.5 Å². The van der Waals surface area contributed by atoms with E-state index in [4.69, 9.17) is 4.99 Å². The van der Waals surface area contributed by atoms with Crippen molar-refractivity contribution >= 4 is 11.9 Å². The molecule has 168 valence electrons. The quantitative estimate of drug-likeness (QED) is 0.479. The molecular formula is C24H36N6O. The van der Waals surface area contributed by atoms with Crippen LogP contribution in [0.4, 0.5) is 0 Å². The monoisotopic (exact) mass is 424 g/mol. The van der Waals surface area contributed by atoms with Crippen LogP contribution in [0, 0.1) is 5.41 Å². The van der Waals surface area contributed by atoms with E-state index >= 15 is 0 Å². The molecule has 0 aliphatic heterocycles. The van der Waals surface area contributed by atoms with E-state index in [9.17, 15) is 4.79 Å². The molecule has 1 aliphatic rings. The molecule has 1 heterocycles. The number of carbonyl (C=O) groups is 1. The predicted molar refractivity (Wildman–Crippen MR) is 125 cm³/mol. The lowest BCUT2D eigenvalue weighted by Crippen LogP contribution is -2.43. The van der Waals surface area contributed by atoms with Crippen LogP contribution < -0.4 is 10.6 Å². The molecule has 0 unspecified atom stereocenters. The third-order valence-corrected chi connectivity index (χ3v) is 5.94. The Bertz CT molecular complexity index is 852. The van der Waals surface area contributed by atoms with E-state index in [-0.39, 0.29) is 11.3 Å². The maximum absolute atomic E-state index is 12.8. The predicted octanol–water partition coefficient (Wildman–Crippen LogP) is 2.68. The van der Waals surface area contributed by atoms with Crippen LogP contribution in [0.5, 0.6) is 0 Å². The number of guanidine groups is 1. The summed E-state index contributed by atoms with van der Waals surface area (Å²) in [7, 11) is 3.68. The van der Waals surface area contributed by atoms with Crippen molar-refractivity contribution in [3.05, 3.63) is 54.1 Å². The lowest BCUT2D eigenvalue weighted by atomic mass is 9.85. The van der Waals surface area contributed by atoms with E-state index in [1.54, 1.807) is 4.90 Å². The van der Waals surface area contributed by atoms with Crippen molar-refractivity contribution in [3.8, 4) is 0 Å². The summed E-state index contributed by atoms with van der Waals surface area (Å²) in [5.74, 6) is 2.01. The van der Waals surface area contributed by atoms with Crippen molar-refractivity contribution in [2.24, 2.45) is 10.4 Å². The Morgan fingerprint density at radius 1 is 1.19 bits per heavy atom. The molecular weight excluding hydrogens is 388 g/mol. The smallest absolute Gasteiger partial charge is 0.230 e. The Morgan fingerprint density at radius 2 is 1.94 bits per heavy atom. The van der Waals surface area contributed by atoms with E-state index in [2.05, 4.69) is 51.4 Å². The number of amides is 1. The number of hydrogen-bond acceptors (Lipinski definition) is 3. The lowest BCUT2D eigenvalue weighted by Gasteiger charge is -2.29. The molecule has 7 heteroatoms. The number of nitrogens with one attached hydrogen (secondary N) is 2. The Kier molecular flexibility index (Phi) is 8.09. The number of aromatic nitrogens is 2. The summed E-state index contributed by atoms with van der Waals surface area (Å²) in [4.78, 5) is 23.8. The molecule has 3 rings (SSSR count). The molecule has 1 saturated carbocycles. The van der Waals surface area contributed by atoms with Crippen molar-refractivity contribution < 1.29 is 4.79 Å². The van der Waals surface area contributed by atoms with Gasteiger partial charge in [0.1, 0.15) is 5.82 Å². The largest absolute Gasteiger partial charge is 0.357 e. The number of aliphatic imine (C=N–C) groups is 1. The van der Waals surface area contributed by atoms with Crippen molar-refractivity contribution in [3.63, 3.8) is 0 Å². The topological polar surface area (TPSA) is 74.6 Å². The number of rotatable bonds is 9. The number of carbonyl (C=O) groups excluding carboxylic acids is 1. The van der Waals surface area contributed by atoms with Crippen molar-refractivity contribution in [2.75, 3.05) is 33.7 Å². The summed E-state index contributed by atoms with van der Waals surface area (Å²) in [6.07, 6.45) is 8.72. The molecule has 0 saturated heterocycles. The molecule has 0 spiro atoms. The minimum Gasteiger partial charge on any atom is -0.357 e. The number of imidazole rings is 1. The maximum Gasteiger partial charge on any atom is 0.230 e. The van der Waals surface area contributed by atoms with E-state index in [1.807, 2.05) is 32.6 Å². The van der Waals surface area contributed by atoms with Crippen LogP contribution in [0.1, 0.15) is 44.0 Å². The lowest BCUT2D eigenvalue weighted by molar-refractivity contribution is -0.138. The van der Waals surface area contributed by atoms with Gasteiger partial charge in [0.25, 0.3) is 0 Å². The Labute approximate surface area is 186 Å². The molecule has 1 aromatic carbocycles. The van der Waals surface area contributed by atoms with Gasteiger partial charge in [-0.05, 0) is 25.3 Å². The molecule has 1 fully saturated rings. The van der Waals surface area contributed by atoms with Crippen LogP contribution in [-0.2, 0) is 17.8 Å². The number of hydrogen-bond donors (Lipinski definition) is 2. The van der Waals surface area contributed by atoms with Crippen LogP contribution >= 0.6 is 0 Å². The fraction of sp³-hybridized carbons (Fsp3) is 0.542. The van der Waals surface area contributed by atoms with Gasteiger partial charge in [0.2, 0.25) is 5.91 Å². The van der Waals surface area contributed by atoms with Gasteiger partial charge in [0.15, 0.2) is 5.96 Å². The minimum atomic E-state index is -0.349. The summed E-state index contributed by atoms with van der Waals surface area (Å²) >= 11 is 0. The molecule has 2 aromatic rings. The van der Waals surface area contributed by atoms with Gasteiger partial charge in [-0.1, -0.05) is 43.2 Å². The highest BCUT2D eigenvalue weighted by molar-refractivity contribution is 5.84. The maximum atomic E-state index is 12.8. The molecule has 1 aromatic heterocycles. The summed E-state index contributed by atoms with van der Waals surface area (Å²) in [5.41, 5.74) is 0.912. The van der Waals surface area contributed by atoms with Gasteiger partial charge in [-0.15, -0.1) is 0 Å². The Morgan fingerprint density at radius 3 is 2.61 bits per heavy atom. The fourth-order valence-electron chi connectivity index (χ4n) is 4.32. The SMILES string of the molecule is CCNC(=NCC1(C(=O)N(C)C)CCCC1)NCCc1nccn1Cc1ccccc1. The van der Waals surface area contributed by atoms with Crippen molar-refractivity contribution in [1.29, 1.82) is 0 Å². The van der Waals surface area contributed by atoms with Crippen LogP contribution in [0.15, 0.2) is 47.7 Å². The zero-order valence-electron chi connectivity index (χ0n) is 19.1. The van der Waals surface area contributed by atoms with Gasteiger partial charge < -0.3 is 20.1 Å². The molecule has 0 radical (unpaired) electrons. The molecule has 0 atom stereocenters. The van der Waals surface area contributed by atoms with Crippen LogP contribution in [0.25, 0.3) is 0 Å². The van der Waals surface area contributed by atoms with Crippen LogP contribution in [-0.4, -0.2) is 60.0 Å². The third kappa shape index (κ3) is 6.09. The molecule has 0 bridgehead atoms. The average molecular weight is 425 g/mol. The third-order valence-electron chi connectivity index (χ3n) is 5.94. The summed E-state index contributed by atoms with van der Waals surface area (Å²) in [5, 5.41) is 6.73. The van der Waals surface area contributed by atoms with Gasteiger partial charge in [-0.3, -0.25) is 9.79 Å². The van der Waals surface area contributed by atoms with Crippen molar-refractivity contribution in [1.82, 2.24) is 25.1 Å². The molecule has 31 heavy (non-hydrogen) atoms. The first-order chi connectivity index (χ1) is 15.0. The second kappa shape index (κ2) is 11.0. The van der Waals surface area contributed by atoms with Crippen LogP contribution in [0.3, 0.4) is 0 Å². The normalized spacial score (nSPS) is 15.6. The molecule has 1 amide bonds. The Balaban J connectivity index is 1.59. The van der Waals surface area contributed by atoms with Crippen LogP contribution in [0.2, 0.25) is 0 Å². The second-order valence-electron chi connectivity index (χ2n) is 8.52. The minimum absolute atomic E-state index is 0.201. The average Bonchev–Trinajstić information content (AvgIpc) is 3.42. The van der Waals surface area contributed by atoms with Gasteiger partial charge >= 0.3 is 0 Å². The number of benzene rings is 1. The highest BCUT2D eigenvalue weighted by Crippen LogP contribution is 2.39. The zero-order valence-corrected chi connectivity index (χ0v) is 19.1. The van der Waals surface area contributed by atoms with E-state index in [1.165, 1.54) is 5.56 Å². The second-order valence-corrected chi connectivity index (χ2v) is 8.52. The Hall–Kier alpha value is -2.83. The first kappa shape index (κ1) is 22.8. The fourth-order valence-corrected chi connectivity index (χ4v) is 4.32. The summed E-state index contributed by atoms with van der Waals surface area (Å²) in [6, 6.07) is 10.4. The van der Waals surface area contributed by atoms with Gasteiger partial charge in [-0.2, -0.15) is 0 Å². The van der Waals surface area contributed by atoms with E-state index < -0.39 is 0 Å². The molecule has 2 N–H and O–H groups in total. The standard InChI is InChI=1S/C24H36N6O/c1-4-25-23(28-19-24(13-8-9-14-24)22(31)29(2)3)27-15-12-21-26-16-17-30(21)18-20-10-6-5-7-11-20/h5-7,10-11,16-17H,4,8-9,12-15,18-19H2,1-3H3,(H2,25,27,28). The highest BCUT2D eigenvalue weighted by atomic mass is 16.2.